The highest BCUT2D eigenvalue weighted by Gasteiger charge is 2.18. The molecule has 18 heavy (non-hydrogen) atoms. The first kappa shape index (κ1) is 13.0. The van der Waals surface area contributed by atoms with E-state index in [9.17, 15) is 0 Å². The summed E-state index contributed by atoms with van der Waals surface area (Å²) < 4.78 is 16.6. The van der Waals surface area contributed by atoms with Gasteiger partial charge in [0.05, 0.1) is 14.2 Å². The van der Waals surface area contributed by atoms with Crippen molar-refractivity contribution in [3.8, 4) is 17.2 Å². The molecule has 0 aliphatic carbocycles. The Morgan fingerprint density at radius 2 is 1.89 bits per heavy atom. The Kier molecular flexibility index (Phi) is 4.31. The normalized spacial score (nSPS) is 18.7. The molecule has 0 aromatic heterocycles. The number of hydrogen-bond acceptors (Lipinski definition) is 4. The molecule has 1 heterocycles. The lowest BCUT2D eigenvalue weighted by molar-refractivity contribution is 0.248. The molecule has 1 aromatic carbocycles. The van der Waals surface area contributed by atoms with E-state index in [0.717, 1.165) is 30.0 Å². The maximum Gasteiger partial charge on any atom is 0.203 e. The molecular weight excluding hydrogens is 230 g/mol. The van der Waals surface area contributed by atoms with Crippen LogP contribution in [0.1, 0.15) is 18.4 Å². The van der Waals surface area contributed by atoms with Crippen molar-refractivity contribution in [1.82, 2.24) is 5.32 Å². The average molecular weight is 251 g/mol. The van der Waals surface area contributed by atoms with E-state index in [1.54, 1.807) is 14.2 Å². The number of hydrogen-bond donors (Lipinski definition) is 1. The summed E-state index contributed by atoms with van der Waals surface area (Å²) in [4.78, 5) is 0. The quantitative estimate of drug-likeness (QED) is 0.870. The highest BCUT2D eigenvalue weighted by molar-refractivity contribution is 5.53. The monoisotopic (exact) mass is 251 g/mol. The molecule has 1 fully saturated rings. The zero-order valence-corrected chi connectivity index (χ0v) is 11.3. The summed E-state index contributed by atoms with van der Waals surface area (Å²) in [6.45, 7) is 3.74. The highest BCUT2D eigenvalue weighted by atomic mass is 16.5. The first-order valence-corrected chi connectivity index (χ1v) is 6.33. The Labute approximate surface area is 108 Å². The zero-order chi connectivity index (χ0) is 13.0. The molecule has 0 radical (unpaired) electrons. The fourth-order valence-electron chi connectivity index (χ4n) is 2.24. The second-order valence-electron chi connectivity index (χ2n) is 4.60. The van der Waals surface area contributed by atoms with Crippen LogP contribution in [0.25, 0.3) is 0 Å². The van der Waals surface area contributed by atoms with E-state index in [1.807, 2.05) is 19.1 Å². The SMILES string of the molecule is COc1cc(C)cc(OC)c1OCC1CCCN1. The van der Waals surface area contributed by atoms with Crippen LogP contribution in [0.2, 0.25) is 0 Å². The molecule has 4 heteroatoms. The molecule has 0 spiro atoms. The molecule has 1 saturated heterocycles. The number of rotatable bonds is 5. The largest absolute Gasteiger partial charge is 0.493 e. The molecule has 1 aliphatic heterocycles. The van der Waals surface area contributed by atoms with Crippen LogP contribution < -0.4 is 19.5 Å². The van der Waals surface area contributed by atoms with Crippen LogP contribution >= 0.6 is 0 Å². The van der Waals surface area contributed by atoms with Crippen molar-refractivity contribution in [3.05, 3.63) is 17.7 Å². The Morgan fingerprint density at radius 1 is 1.22 bits per heavy atom. The van der Waals surface area contributed by atoms with Crippen LogP contribution in [0.3, 0.4) is 0 Å². The molecule has 2 rings (SSSR count). The summed E-state index contributed by atoms with van der Waals surface area (Å²) in [5, 5.41) is 3.41. The summed E-state index contributed by atoms with van der Waals surface area (Å²) in [5.41, 5.74) is 1.09. The number of methoxy groups -OCH3 is 2. The van der Waals surface area contributed by atoms with E-state index in [4.69, 9.17) is 14.2 Å². The summed E-state index contributed by atoms with van der Waals surface area (Å²) in [6.07, 6.45) is 2.38. The molecule has 1 aliphatic rings. The van der Waals surface area contributed by atoms with Crippen molar-refractivity contribution in [2.75, 3.05) is 27.4 Å². The summed E-state index contributed by atoms with van der Waals surface area (Å²) in [5.74, 6) is 2.15. The Balaban J connectivity index is 2.13. The van der Waals surface area contributed by atoms with Gasteiger partial charge < -0.3 is 19.5 Å². The first-order chi connectivity index (χ1) is 8.74. The van der Waals surface area contributed by atoms with E-state index in [1.165, 1.54) is 6.42 Å². The molecule has 0 amide bonds. The van der Waals surface area contributed by atoms with E-state index in [0.29, 0.717) is 18.4 Å². The van der Waals surface area contributed by atoms with Gasteiger partial charge in [-0.2, -0.15) is 0 Å². The van der Waals surface area contributed by atoms with Crippen molar-refractivity contribution in [2.24, 2.45) is 0 Å². The lowest BCUT2D eigenvalue weighted by atomic mass is 10.2. The van der Waals surface area contributed by atoms with Crippen molar-refractivity contribution in [1.29, 1.82) is 0 Å². The Morgan fingerprint density at radius 3 is 2.39 bits per heavy atom. The van der Waals surface area contributed by atoms with Crippen LogP contribution in [-0.4, -0.2) is 33.4 Å². The van der Waals surface area contributed by atoms with Gasteiger partial charge in [0.25, 0.3) is 0 Å². The van der Waals surface area contributed by atoms with Gasteiger partial charge >= 0.3 is 0 Å². The zero-order valence-electron chi connectivity index (χ0n) is 11.3. The van der Waals surface area contributed by atoms with E-state index in [-0.39, 0.29) is 0 Å². The number of benzene rings is 1. The fourth-order valence-corrected chi connectivity index (χ4v) is 2.24. The number of nitrogens with one attached hydrogen (secondary N) is 1. The second kappa shape index (κ2) is 5.96. The fraction of sp³-hybridized carbons (Fsp3) is 0.571. The van der Waals surface area contributed by atoms with Gasteiger partial charge in [-0.15, -0.1) is 0 Å². The van der Waals surface area contributed by atoms with Crippen LogP contribution in [0.5, 0.6) is 17.2 Å². The predicted octanol–water partition coefficient (Wildman–Crippen LogP) is 2.14. The van der Waals surface area contributed by atoms with E-state index < -0.39 is 0 Å². The summed E-state index contributed by atoms with van der Waals surface area (Å²) in [7, 11) is 3.30. The first-order valence-electron chi connectivity index (χ1n) is 6.33. The van der Waals surface area contributed by atoms with Gasteiger partial charge in [-0.1, -0.05) is 0 Å². The van der Waals surface area contributed by atoms with Gasteiger partial charge in [0.2, 0.25) is 5.75 Å². The molecular formula is C14H21NO3. The summed E-state index contributed by atoms with van der Waals surface area (Å²) >= 11 is 0. The van der Waals surface area contributed by atoms with Crippen LogP contribution in [0.4, 0.5) is 0 Å². The second-order valence-corrected chi connectivity index (χ2v) is 4.60. The number of ether oxygens (including phenoxy) is 3. The lowest BCUT2D eigenvalue weighted by Gasteiger charge is -2.17. The van der Waals surface area contributed by atoms with Gasteiger partial charge in [-0.05, 0) is 44.0 Å². The lowest BCUT2D eigenvalue weighted by Crippen LogP contribution is -2.28. The average Bonchev–Trinajstić information content (AvgIpc) is 2.89. The minimum atomic E-state index is 0.431. The van der Waals surface area contributed by atoms with Gasteiger partial charge in [-0.3, -0.25) is 0 Å². The van der Waals surface area contributed by atoms with Gasteiger partial charge in [-0.25, -0.2) is 0 Å². The van der Waals surface area contributed by atoms with Crippen LogP contribution in [-0.2, 0) is 0 Å². The van der Waals surface area contributed by atoms with Crippen molar-refractivity contribution >= 4 is 0 Å². The molecule has 1 aromatic rings. The minimum Gasteiger partial charge on any atom is -0.493 e. The standard InChI is InChI=1S/C14H21NO3/c1-10-7-12(16-2)14(13(8-10)17-3)18-9-11-5-4-6-15-11/h7-8,11,15H,4-6,9H2,1-3H3. The topological polar surface area (TPSA) is 39.7 Å². The van der Waals surface area contributed by atoms with Crippen molar-refractivity contribution < 1.29 is 14.2 Å². The van der Waals surface area contributed by atoms with Crippen LogP contribution in [0.15, 0.2) is 12.1 Å². The maximum atomic E-state index is 5.88. The van der Waals surface area contributed by atoms with E-state index >= 15 is 0 Å². The molecule has 1 unspecified atom stereocenters. The third-order valence-corrected chi connectivity index (χ3v) is 3.20. The smallest absolute Gasteiger partial charge is 0.203 e. The van der Waals surface area contributed by atoms with Gasteiger partial charge in [0.1, 0.15) is 6.61 Å². The summed E-state index contributed by atoms with van der Waals surface area (Å²) in [6, 6.07) is 4.35. The molecule has 100 valence electrons. The third-order valence-electron chi connectivity index (χ3n) is 3.20. The minimum absolute atomic E-state index is 0.431. The Bertz CT molecular complexity index is 375. The molecule has 4 nitrogen and oxygen atoms in total. The molecule has 1 N–H and O–H groups in total. The van der Waals surface area contributed by atoms with Crippen LogP contribution in [0, 0.1) is 6.92 Å². The molecule has 0 saturated carbocycles. The van der Waals surface area contributed by atoms with E-state index in [2.05, 4.69) is 5.32 Å². The predicted molar refractivity (Wildman–Crippen MR) is 70.8 cm³/mol. The maximum absolute atomic E-state index is 5.88. The molecule has 0 bridgehead atoms. The Hall–Kier alpha value is -1.42. The highest BCUT2D eigenvalue weighted by Crippen LogP contribution is 2.38. The van der Waals surface area contributed by atoms with Crippen molar-refractivity contribution in [3.63, 3.8) is 0 Å². The van der Waals surface area contributed by atoms with Crippen molar-refractivity contribution in [2.45, 2.75) is 25.8 Å². The van der Waals surface area contributed by atoms with Gasteiger partial charge in [0, 0.05) is 6.04 Å². The van der Waals surface area contributed by atoms with Gasteiger partial charge in [0.15, 0.2) is 11.5 Å². The third kappa shape index (κ3) is 2.88. The number of aryl methyl sites for hydroxylation is 1. The molecule has 1 atom stereocenters.